The molecule has 0 radical (unpaired) electrons. The van der Waals surface area contributed by atoms with E-state index in [1.807, 2.05) is 0 Å². The zero-order valence-corrected chi connectivity index (χ0v) is 8.26. The van der Waals surface area contributed by atoms with E-state index in [2.05, 4.69) is 5.32 Å². The second-order valence-electron chi connectivity index (χ2n) is 2.95. The Kier molecular flexibility index (Phi) is 7.67. The number of halogens is 3. The van der Waals surface area contributed by atoms with Crippen molar-refractivity contribution in [3.8, 4) is 0 Å². The van der Waals surface area contributed by atoms with Crippen molar-refractivity contribution < 1.29 is 28.1 Å². The molecule has 0 aliphatic carbocycles. The van der Waals surface area contributed by atoms with E-state index in [0.29, 0.717) is 19.6 Å². The average Bonchev–Trinajstić information content (AvgIpc) is 2.14. The first kappa shape index (κ1) is 14.6. The fourth-order valence-corrected chi connectivity index (χ4v) is 0.820. The van der Waals surface area contributed by atoms with Crippen LogP contribution in [0.3, 0.4) is 0 Å². The van der Waals surface area contributed by atoms with Gasteiger partial charge in [0, 0.05) is 13.2 Å². The zero-order valence-electron chi connectivity index (χ0n) is 8.26. The van der Waals surface area contributed by atoms with Crippen molar-refractivity contribution >= 4 is 0 Å². The Morgan fingerprint density at radius 1 is 1.27 bits per heavy atom. The highest BCUT2D eigenvalue weighted by Gasteiger charge is 2.37. The first-order chi connectivity index (χ1) is 6.98. The molecule has 0 saturated carbocycles. The molecule has 0 saturated heterocycles. The number of aliphatic hydroxyl groups is 2. The molecule has 15 heavy (non-hydrogen) atoms. The van der Waals surface area contributed by atoms with Gasteiger partial charge in [-0.3, -0.25) is 0 Å². The van der Waals surface area contributed by atoms with Crippen molar-refractivity contribution in [2.24, 2.45) is 0 Å². The van der Waals surface area contributed by atoms with Crippen LogP contribution in [0.2, 0.25) is 0 Å². The summed E-state index contributed by atoms with van der Waals surface area (Å²) in [5.41, 5.74) is 0. The molecule has 0 aliphatic heterocycles. The molecule has 0 heterocycles. The van der Waals surface area contributed by atoms with Crippen LogP contribution in [0.4, 0.5) is 13.2 Å². The molecule has 0 fully saturated rings. The Hall–Kier alpha value is -0.370. The molecule has 7 heteroatoms. The Balaban J connectivity index is 3.24. The highest BCUT2D eigenvalue weighted by Crippen LogP contribution is 2.18. The maximum atomic E-state index is 11.8. The van der Waals surface area contributed by atoms with Crippen LogP contribution in [0.25, 0.3) is 0 Å². The molecule has 0 aromatic heterocycles. The molecule has 0 aliphatic rings. The summed E-state index contributed by atoms with van der Waals surface area (Å²) < 4.78 is 40.2. The van der Waals surface area contributed by atoms with Gasteiger partial charge in [0.2, 0.25) is 0 Å². The molecular formula is C8H16F3NO3. The van der Waals surface area contributed by atoms with Gasteiger partial charge in [-0.2, -0.15) is 13.2 Å². The van der Waals surface area contributed by atoms with Gasteiger partial charge in [-0.25, -0.2) is 0 Å². The third-order valence-corrected chi connectivity index (χ3v) is 1.59. The molecule has 1 atom stereocenters. The SMILES string of the molecule is OCCOCCCNCC(O)C(F)(F)F. The van der Waals surface area contributed by atoms with Gasteiger partial charge in [-0.05, 0) is 13.0 Å². The van der Waals surface area contributed by atoms with Crippen LogP contribution in [0.1, 0.15) is 6.42 Å². The molecule has 0 aromatic carbocycles. The third-order valence-electron chi connectivity index (χ3n) is 1.59. The van der Waals surface area contributed by atoms with Gasteiger partial charge in [0.1, 0.15) is 0 Å². The largest absolute Gasteiger partial charge is 0.415 e. The molecule has 92 valence electrons. The number of aliphatic hydroxyl groups excluding tert-OH is 2. The maximum Gasteiger partial charge on any atom is 0.415 e. The molecule has 0 amide bonds. The Morgan fingerprint density at radius 2 is 1.93 bits per heavy atom. The van der Waals surface area contributed by atoms with E-state index in [1.54, 1.807) is 0 Å². The van der Waals surface area contributed by atoms with Crippen molar-refractivity contribution in [3.63, 3.8) is 0 Å². The minimum atomic E-state index is -4.57. The molecule has 0 aromatic rings. The Labute approximate surface area is 86.0 Å². The summed E-state index contributed by atoms with van der Waals surface area (Å²) in [7, 11) is 0. The summed E-state index contributed by atoms with van der Waals surface area (Å²) in [4.78, 5) is 0. The van der Waals surface area contributed by atoms with Crippen LogP contribution in [0.15, 0.2) is 0 Å². The van der Waals surface area contributed by atoms with E-state index in [-0.39, 0.29) is 13.2 Å². The van der Waals surface area contributed by atoms with Crippen molar-refractivity contribution in [1.82, 2.24) is 5.32 Å². The summed E-state index contributed by atoms with van der Waals surface area (Å²) in [6.45, 7) is 0.350. The minimum absolute atomic E-state index is 0.0692. The van der Waals surface area contributed by atoms with Crippen molar-refractivity contribution in [2.45, 2.75) is 18.7 Å². The maximum absolute atomic E-state index is 11.8. The number of hydrogen-bond donors (Lipinski definition) is 3. The van der Waals surface area contributed by atoms with Crippen LogP contribution in [0.5, 0.6) is 0 Å². The highest BCUT2D eigenvalue weighted by molar-refractivity contribution is 4.67. The predicted octanol–water partition coefficient (Wildman–Crippen LogP) is -0.102. The topological polar surface area (TPSA) is 61.7 Å². The summed E-state index contributed by atoms with van der Waals surface area (Å²) in [5.74, 6) is 0. The number of alkyl halides is 3. The van der Waals surface area contributed by atoms with E-state index >= 15 is 0 Å². The average molecular weight is 231 g/mol. The van der Waals surface area contributed by atoms with E-state index < -0.39 is 18.8 Å². The van der Waals surface area contributed by atoms with Crippen LogP contribution < -0.4 is 5.32 Å². The van der Waals surface area contributed by atoms with Gasteiger partial charge in [-0.15, -0.1) is 0 Å². The zero-order chi connectivity index (χ0) is 11.7. The quantitative estimate of drug-likeness (QED) is 0.510. The summed E-state index contributed by atoms with van der Waals surface area (Å²) >= 11 is 0. The molecule has 0 spiro atoms. The molecule has 3 N–H and O–H groups in total. The van der Waals surface area contributed by atoms with Crippen molar-refractivity contribution in [2.75, 3.05) is 32.9 Å². The van der Waals surface area contributed by atoms with Crippen molar-refractivity contribution in [3.05, 3.63) is 0 Å². The van der Waals surface area contributed by atoms with Crippen LogP contribution in [-0.2, 0) is 4.74 Å². The fourth-order valence-electron chi connectivity index (χ4n) is 0.820. The van der Waals surface area contributed by atoms with E-state index in [4.69, 9.17) is 14.9 Å². The molecule has 0 rings (SSSR count). The minimum Gasteiger partial charge on any atom is -0.394 e. The smallest absolute Gasteiger partial charge is 0.394 e. The first-order valence-electron chi connectivity index (χ1n) is 4.62. The van der Waals surface area contributed by atoms with Gasteiger partial charge in [0.05, 0.1) is 13.2 Å². The summed E-state index contributed by atoms with van der Waals surface area (Å²) in [6, 6.07) is 0. The highest BCUT2D eigenvalue weighted by atomic mass is 19.4. The fraction of sp³-hybridized carbons (Fsp3) is 1.00. The van der Waals surface area contributed by atoms with Crippen LogP contribution >= 0.6 is 0 Å². The lowest BCUT2D eigenvalue weighted by Crippen LogP contribution is -2.38. The van der Waals surface area contributed by atoms with E-state index in [0.717, 1.165) is 0 Å². The Morgan fingerprint density at radius 3 is 2.47 bits per heavy atom. The summed E-state index contributed by atoms with van der Waals surface area (Å²) in [5, 5.41) is 19.4. The third kappa shape index (κ3) is 8.61. The molecule has 1 unspecified atom stereocenters. The standard InChI is InChI=1S/C8H16F3NO3/c9-8(10,11)7(14)6-12-2-1-4-15-5-3-13/h7,12-14H,1-6H2. The van der Waals surface area contributed by atoms with Gasteiger partial charge in [0.25, 0.3) is 0 Å². The second kappa shape index (κ2) is 7.86. The predicted molar refractivity (Wildman–Crippen MR) is 47.5 cm³/mol. The van der Waals surface area contributed by atoms with Gasteiger partial charge >= 0.3 is 6.18 Å². The lowest BCUT2D eigenvalue weighted by Gasteiger charge is -2.14. The molecule has 4 nitrogen and oxygen atoms in total. The number of hydrogen-bond acceptors (Lipinski definition) is 4. The lowest BCUT2D eigenvalue weighted by atomic mass is 10.3. The number of nitrogens with one attached hydrogen (secondary N) is 1. The normalized spacial score (nSPS) is 14.2. The van der Waals surface area contributed by atoms with Gasteiger partial charge in [-0.1, -0.05) is 0 Å². The molecular weight excluding hydrogens is 215 g/mol. The van der Waals surface area contributed by atoms with Gasteiger partial charge in [0.15, 0.2) is 6.10 Å². The Bertz CT molecular complexity index is 155. The monoisotopic (exact) mass is 231 g/mol. The first-order valence-corrected chi connectivity index (χ1v) is 4.62. The van der Waals surface area contributed by atoms with Crippen LogP contribution in [-0.4, -0.2) is 55.4 Å². The number of ether oxygens (including phenoxy) is 1. The van der Waals surface area contributed by atoms with E-state index in [9.17, 15) is 13.2 Å². The van der Waals surface area contributed by atoms with Crippen molar-refractivity contribution in [1.29, 1.82) is 0 Å². The van der Waals surface area contributed by atoms with Gasteiger partial charge < -0.3 is 20.3 Å². The molecule has 0 bridgehead atoms. The lowest BCUT2D eigenvalue weighted by molar-refractivity contribution is -0.201. The summed E-state index contributed by atoms with van der Waals surface area (Å²) in [6.07, 6.45) is -6.36. The van der Waals surface area contributed by atoms with Crippen LogP contribution in [0, 0.1) is 0 Å². The number of rotatable bonds is 8. The van der Waals surface area contributed by atoms with E-state index in [1.165, 1.54) is 0 Å². The second-order valence-corrected chi connectivity index (χ2v) is 2.95.